The zero-order valence-corrected chi connectivity index (χ0v) is 16.8. The van der Waals surface area contributed by atoms with Gasteiger partial charge in [-0.15, -0.1) is 0 Å². The summed E-state index contributed by atoms with van der Waals surface area (Å²) < 4.78 is 71.1. The third-order valence-corrected chi connectivity index (χ3v) is 4.40. The van der Waals surface area contributed by atoms with Crippen molar-refractivity contribution in [2.24, 2.45) is 0 Å². The number of hydrogen-bond acceptors (Lipinski definition) is 6. The Morgan fingerprint density at radius 3 is 2.81 bits per heavy atom. The molecule has 1 unspecified atom stereocenters. The minimum Gasteiger partial charge on any atom is -0.487 e. The lowest BCUT2D eigenvalue weighted by Crippen LogP contribution is -2.13. The topological polar surface area (TPSA) is 78.5 Å². The molecular weight excluding hydrogens is 435 g/mol. The van der Waals surface area contributed by atoms with Crippen molar-refractivity contribution in [2.75, 3.05) is 18.7 Å². The van der Waals surface area contributed by atoms with Crippen LogP contribution in [0.1, 0.15) is 24.1 Å². The van der Waals surface area contributed by atoms with Crippen LogP contribution in [-0.2, 0) is 0 Å². The molecule has 1 atom stereocenters. The fraction of sp³-hybridized carbons (Fsp3) is 0.250. The molecule has 1 aromatic carbocycles. The molecule has 0 fully saturated rings. The predicted molar refractivity (Wildman–Crippen MR) is 109 cm³/mol. The second-order valence-corrected chi connectivity index (χ2v) is 6.64. The summed E-state index contributed by atoms with van der Waals surface area (Å²) in [6.07, 6.45) is 1.84. The summed E-state index contributed by atoms with van der Waals surface area (Å²) >= 11 is 0. The number of hydrogen-bond donors (Lipinski definition) is 2. The Balaban J connectivity index is 1.91. The number of benzene rings is 1. The molecule has 2 N–H and O–H groups in total. The van der Waals surface area contributed by atoms with Crippen molar-refractivity contribution in [1.29, 1.82) is 5.41 Å². The van der Waals surface area contributed by atoms with E-state index in [0.717, 1.165) is 18.5 Å². The van der Waals surface area contributed by atoms with Gasteiger partial charge in [-0.2, -0.15) is 10.2 Å². The summed E-state index contributed by atoms with van der Waals surface area (Å²) in [7, 11) is 0. The fourth-order valence-corrected chi connectivity index (χ4v) is 2.96. The van der Waals surface area contributed by atoms with Gasteiger partial charge in [-0.1, -0.05) is 4.48 Å². The van der Waals surface area contributed by atoms with Crippen LogP contribution in [0.25, 0.3) is 11.2 Å². The van der Waals surface area contributed by atoms with Crippen LogP contribution in [0.3, 0.4) is 0 Å². The van der Waals surface area contributed by atoms with E-state index in [4.69, 9.17) is 10.1 Å². The van der Waals surface area contributed by atoms with E-state index in [0.29, 0.717) is 11.4 Å². The summed E-state index contributed by atoms with van der Waals surface area (Å²) in [5.74, 6) is -0.159. The maximum Gasteiger partial charge on any atom is 0.272 e. The third-order valence-electron chi connectivity index (χ3n) is 4.40. The van der Waals surface area contributed by atoms with E-state index in [9.17, 15) is 22.0 Å². The Morgan fingerprint density at radius 2 is 2.12 bits per heavy atom. The number of fused-ring (bicyclic) bond motifs is 1. The number of anilines is 1. The Bertz CT molecular complexity index is 1120. The molecule has 0 amide bonds. The van der Waals surface area contributed by atoms with Gasteiger partial charge in [-0.05, 0) is 31.2 Å². The van der Waals surface area contributed by atoms with Gasteiger partial charge in [0.2, 0.25) is 0 Å². The highest BCUT2D eigenvalue weighted by Gasteiger charge is 2.17. The highest BCUT2D eigenvalue weighted by atomic mass is 19.3. The lowest BCUT2D eigenvalue weighted by molar-refractivity contribution is 0.0408. The van der Waals surface area contributed by atoms with Gasteiger partial charge in [0.15, 0.2) is 12.4 Å². The molecule has 0 aliphatic rings. The smallest absolute Gasteiger partial charge is 0.272 e. The van der Waals surface area contributed by atoms with Gasteiger partial charge in [-0.25, -0.2) is 27.1 Å². The third kappa shape index (κ3) is 5.31. The van der Waals surface area contributed by atoms with Crippen molar-refractivity contribution in [2.45, 2.75) is 19.4 Å². The average Bonchev–Trinajstić information content (AvgIpc) is 3.19. The van der Waals surface area contributed by atoms with Crippen LogP contribution in [-0.4, -0.2) is 45.8 Å². The second kappa shape index (κ2) is 10.1. The molecule has 3 rings (SSSR count). The van der Waals surface area contributed by atoms with Gasteiger partial charge < -0.3 is 15.5 Å². The van der Waals surface area contributed by atoms with Crippen LogP contribution in [0.4, 0.5) is 27.9 Å². The van der Waals surface area contributed by atoms with Crippen molar-refractivity contribution in [3.8, 4) is 5.75 Å². The minimum atomic E-state index is -2.69. The lowest BCUT2D eigenvalue weighted by Gasteiger charge is -2.19. The van der Waals surface area contributed by atoms with Crippen molar-refractivity contribution in [3.63, 3.8) is 0 Å². The highest BCUT2D eigenvalue weighted by Crippen LogP contribution is 2.29. The van der Waals surface area contributed by atoms with E-state index in [2.05, 4.69) is 15.4 Å². The van der Waals surface area contributed by atoms with E-state index in [-0.39, 0.29) is 27.7 Å². The molecule has 2 aromatic heterocycles. The van der Waals surface area contributed by atoms with Crippen molar-refractivity contribution < 1.29 is 26.8 Å². The maximum absolute atomic E-state index is 13.8. The standard InChI is InChI=1S/C20H19F5N6O/c1-12(15-6-14(22)2-3-17(15)32-10-18(23)24)28-19-4-5-31-20(29-19)16(8-27-31)13(7-26)9-30(25)11-21/h2-9,12,18,26H,10-11H2,1H3,(H,28,29)/b13-9+,26-7?. The normalized spacial score (nSPS) is 12.8. The van der Waals surface area contributed by atoms with Gasteiger partial charge in [-0.3, -0.25) is 0 Å². The number of halogens is 5. The number of allylic oxidation sites excluding steroid dienone is 1. The number of nitrogens with zero attached hydrogens (tertiary/aromatic N) is 4. The molecule has 3 aromatic rings. The van der Waals surface area contributed by atoms with E-state index >= 15 is 0 Å². The molecule has 0 aliphatic carbocycles. The van der Waals surface area contributed by atoms with Crippen molar-refractivity contribution in [1.82, 2.24) is 19.7 Å². The van der Waals surface area contributed by atoms with E-state index in [1.807, 2.05) is 0 Å². The number of alkyl halides is 3. The van der Waals surface area contributed by atoms with E-state index in [1.54, 1.807) is 19.2 Å². The zero-order chi connectivity index (χ0) is 23.3. The lowest BCUT2D eigenvalue weighted by atomic mass is 10.1. The van der Waals surface area contributed by atoms with Gasteiger partial charge in [0, 0.05) is 35.3 Å². The Kier molecular flexibility index (Phi) is 7.23. The number of rotatable bonds is 10. The molecular formula is C20H19F5N6O. The molecule has 0 saturated carbocycles. The molecule has 7 nitrogen and oxygen atoms in total. The first-order valence-electron chi connectivity index (χ1n) is 9.34. The van der Waals surface area contributed by atoms with Crippen LogP contribution < -0.4 is 10.1 Å². The van der Waals surface area contributed by atoms with Gasteiger partial charge >= 0.3 is 0 Å². The zero-order valence-electron chi connectivity index (χ0n) is 16.8. The Hall–Kier alpha value is -3.70. The molecule has 0 saturated heterocycles. The largest absolute Gasteiger partial charge is 0.487 e. The Morgan fingerprint density at radius 1 is 1.34 bits per heavy atom. The van der Waals surface area contributed by atoms with E-state index in [1.165, 1.54) is 22.8 Å². The summed E-state index contributed by atoms with van der Waals surface area (Å²) in [5, 5.41) is 14.4. The minimum absolute atomic E-state index is 0.0330. The van der Waals surface area contributed by atoms with Crippen LogP contribution in [0.15, 0.2) is 42.9 Å². The quantitative estimate of drug-likeness (QED) is 0.199. The van der Waals surface area contributed by atoms with Crippen LogP contribution in [0, 0.1) is 11.2 Å². The number of ether oxygens (including phenoxy) is 1. The summed E-state index contributed by atoms with van der Waals surface area (Å²) in [5.41, 5.74) is 0.861. The fourth-order valence-electron chi connectivity index (χ4n) is 2.96. The second-order valence-electron chi connectivity index (χ2n) is 6.64. The molecule has 12 heteroatoms. The molecule has 170 valence electrons. The first kappa shape index (κ1) is 23.0. The predicted octanol–water partition coefficient (Wildman–Crippen LogP) is 4.79. The molecule has 0 radical (unpaired) electrons. The van der Waals surface area contributed by atoms with Crippen molar-refractivity contribution >= 4 is 23.3 Å². The molecule has 2 heterocycles. The summed E-state index contributed by atoms with van der Waals surface area (Å²) in [6, 6.07) is 4.52. The SMILES string of the molecule is CC(Nc1ccn2ncc(/C(C=N)=C/N(F)CF)c2n1)c1cc(F)ccc1OCC(F)F. The summed E-state index contributed by atoms with van der Waals surface area (Å²) in [6.45, 7) is -0.561. The first-order valence-corrected chi connectivity index (χ1v) is 9.34. The Labute approximate surface area is 179 Å². The van der Waals surface area contributed by atoms with Crippen molar-refractivity contribution in [3.05, 3.63) is 59.8 Å². The molecule has 0 aliphatic heterocycles. The van der Waals surface area contributed by atoms with E-state index < -0.39 is 31.7 Å². The van der Waals surface area contributed by atoms with Gasteiger partial charge in [0.1, 0.15) is 24.0 Å². The summed E-state index contributed by atoms with van der Waals surface area (Å²) in [4.78, 5) is 4.38. The number of nitrogens with one attached hydrogen (secondary N) is 2. The maximum atomic E-state index is 13.8. The molecule has 0 spiro atoms. The van der Waals surface area contributed by atoms with Crippen LogP contribution in [0.5, 0.6) is 5.75 Å². The first-order chi connectivity index (χ1) is 15.3. The average molecular weight is 454 g/mol. The van der Waals surface area contributed by atoms with Gasteiger partial charge in [0.25, 0.3) is 6.43 Å². The van der Waals surface area contributed by atoms with Gasteiger partial charge in [0.05, 0.1) is 12.2 Å². The van der Waals surface area contributed by atoms with Crippen LogP contribution in [0.2, 0.25) is 0 Å². The molecule has 32 heavy (non-hydrogen) atoms. The molecule has 0 bridgehead atoms. The number of aromatic nitrogens is 3. The highest BCUT2D eigenvalue weighted by molar-refractivity contribution is 6.10. The van der Waals surface area contributed by atoms with Crippen LogP contribution >= 0.6 is 0 Å². The monoisotopic (exact) mass is 454 g/mol.